The van der Waals surface area contributed by atoms with Crippen LogP contribution in [0.2, 0.25) is 0 Å². The fourth-order valence-electron chi connectivity index (χ4n) is 3.22. The number of nitrogens with one attached hydrogen (secondary N) is 4. The lowest BCUT2D eigenvalue weighted by Gasteiger charge is -2.26. The van der Waals surface area contributed by atoms with E-state index in [4.69, 9.17) is 0 Å². The topological polar surface area (TPSA) is 74.4 Å². The highest BCUT2D eigenvalue weighted by atomic mass is 19.3. The van der Waals surface area contributed by atoms with Gasteiger partial charge >= 0.3 is 6.61 Å². The Kier molecular flexibility index (Phi) is 5.60. The molecule has 6 nitrogen and oxygen atoms in total. The van der Waals surface area contributed by atoms with Gasteiger partial charge in [-0.3, -0.25) is 10.2 Å². The zero-order valence-corrected chi connectivity index (χ0v) is 13.2. The average molecular weight is 340 g/mol. The fraction of sp³-hybridized carbons (Fsp3) is 0.562. The van der Waals surface area contributed by atoms with E-state index in [2.05, 4.69) is 26.2 Å². The number of ether oxygens (including phenoxy) is 1. The minimum atomic E-state index is -2.87. The van der Waals surface area contributed by atoms with E-state index in [1.807, 2.05) is 0 Å². The van der Waals surface area contributed by atoms with E-state index in [0.717, 1.165) is 31.5 Å². The standard InChI is InChI=1S/C16H22F2N4O2/c17-16(18)24-12-3-1-2-10(8-12)14-13(9-20-22-14)15(23)21-11-4-6-19-7-5-11/h1-3,8,11,13-14,16,19-20,22H,4-7,9H2,(H,21,23). The zero-order chi connectivity index (χ0) is 16.9. The fourth-order valence-corrected chi connectivity index (χ4v) is 3.22. The third-order valence-electron chi connectivity index (χ3n) is 4.45. The molecule has 2 heterocycles. The summed E-state index contributed by atoms with van der Waals surface area (Å²) in [6.07, 6.45) is 1.84. The first-order valence-electron chi connectivity index (χ1n) is 8.18. The van der Waals surface area contributed by atoms with Gasteiger partial charge in [-0.05, 0) is 43.6 Å². The molecule has 0 radical (unpaired) electrons. The molecule has 0 aromatic heterocycles. The van der Waals surface area contributed by atoms with Crippen molar-refractivity contribution in [3.8, 4) is 5.75 Å². The van der Waals surface area contributed by atoms with Gasteiger partial charge in [-0.2, -0.15) is 8.78 Å². The Labute approximate surface area is 139 Å². The lowest BCUT2D eigenvalue weighted by Crippen LogP contribution is -2.46. The molecule has 3 rings (SSSR count). The lowest BCUT2D eigenvalue weighted by atomic mass is 9.93. The Morgan fingerprint density at radius 2 is 2.08 bits per heavy atom. The van der Waals surface area contributed by atoms with E-state index < -0.39 is 6.61 Å². The molecular weight excluding hydrogens is 318 g/mol. The number of hydrazine groups is 1. The van der Waals surface area contributed by atoms with Gasteiger partial charge in [0.2, 0.25) is 5.91 Å². The molecule has 1 aromatic rings. The molecule has 1 amide bonds. The van der Waals surface area contributed by atoms with Crippen molar-refractivity contribution in [3.63, 3.8) is 0 Å². The van der Waals surface area contributed by atoms with Crippen LogP contribution in [0.5, 0.6) is 5.75 Å². The van der Waals surface area contributed by atoms with Crippen molar-refractivity contribution in [2.24, 2.45) is 5.92 Å². The Morgan fingerprint density at radius 1 is 1.29 bits per heavy atom. The maximum absolute atomic E-state index is 12.6. The third-order valence-corrected chi connectivity index (χ3v) is 4.45. The second-order valence-electron chi connectivity index (χ2n) is 6.09. The largest absolute Gasteiger partial charge is 0.435 e. The first-order chi connectivity index (χ1) is 11.6. The second-order valence-corrected chi connectivity index (χ2v) is 6.09. The molecule has 2 aliphatic rings. The SMILES string of the molecule is O=C(NC1CCNCC1)C1CNNC1c1cccc(OC(F)F)c1. The van der Waals surface area contributed by atoms with Gasteiger partial charge in [0.15, 0.2) is 0 Å². The molecule has 2 unspecified atom stereocenters. The van der Waals surface area contributed by atoms with Crippen LogP contribution >= 0.6 is 0 Å². The maximum Gasteiger partial charge on any atom is 0.387 e. The number of alkyl halides is 2. The van der Waals surface area contributed by atoms with Crippen molar-refractivity contribution in [2.75, 3.05) is 19.6 Å². The van der Waals surface area contributed by atoms with Crippen molar-refractivity contribution < 1.29 is 18.3 Å². The van der Waals surface area contributed by atoms with Crippen molar-refractivity contribution in [3.05, 3.63) is 29.8 Å². The molecule has 24 heavy (non-hydrogen) atoms. The van der Waals surface area contributed by atoms with E-state index in [1.165, 1.54) is 6.07 Å². The molecular formula is C16H22F2N4O2. The quantitative estimate of drug-likeness (QED) is 0.642. The summed E-state index contributed by atoms with van der Waals surface area (Å²) in [4.78, 5) is 12.6. The summed E-state index contributed by atoms with van der Waals surface area (Å²) in [5.41, 5.74) is 6.78. The molecule has 0 bridgehead atoms. The monoisotopic (exact) mass is 340 g/mol. The van der Waals surface area contributed by atoms with Crippen molar-refractivity contribution in [1.29, 1.82) is 0 Å². The summed E-state index contributed by atoms with van der Waals surface area (Å²) in [5.74, 6) is -0.236. The van der Waals surface area contributed by atoms with Crippen molar-refractivity contribution >= 4 is 5.91 Å². The van der Waals surface area contributed by atoms with Crippen LogP contribution in [0.3, 0.4) is 0 Å². The number of benzene rings is 1. The van der Waals surface area contributed by atoms with Gasteiger partial charge in [-0.25, -0.2) is 5.43 Å². The molecule has 8 heteroatoms. The van der Waals surface area contributed by atoms with E-state index in [1.54, 1.807) is 18.2 Å². The Hall–Kier alpha value is -1.77. The van der Waals surface area contributed by atoms with Crippen LogP contribution < -0.4 is 26.2 Å². The molecule has 4 N–H and O–H groups in total. The van der Waals surface area contributed by atoms with Crippen LogP contribution in [0, 0.1) is 5.92 Å². The van der Waals surface area contributed by atoms with Gasteiger partial charge in [-0.15, -0.1) is 0 Å². The van der Waals surface area contributed by atoms with E-state index in [-0.39, 0.29) is 29.7 Å². The molecule has 2 saturated heterocycles. The van der Waals surface area contributed by atoms with E-state index in [9.17, 15) is 13.6 Å². The van der Waals surface area contributed by atoms with Gasteiger partial charge in [0.1, 0.15) is 5.75 Å². The Balaban J connectivity index is 1.67. The number of rotatable bonds is 5. The number of amides is 1. The van der Waals surface area contributed by atoms with Gasteiger partial charge in [0.25, 0.3) is 0 Å². The number of carbonyl (C=O) groups is 1. The number of piperidine rings is 1. The van der Waals surface area contributed by atoms with Crippen LogP contribution in [0.4, 0.5) is 8.78 Å². The minimum Gasteiger partial charge on any atom is -0.435 e. The highest BCUT2D eigenvalue weighted by molar-refractivity contribution is 5.80. The van der Waals surface area contributed by atoms with Gasteiger partial charge < -0.3 is 15.4 Å². The highest BCUT2D eigenvalue weighted by Gasteiger charge is 2.35. The predicted octanol–water partition coefficient (Wildman–Crippen LogP) is 0.921. The average Bonchev–Trinajstić information content (AvgIpc) is 3.05. The summed E-state index contributed by atoms with van der Waals surface area (Å²) in [6.45, 7) is -0.569. The molecule has 132 valence electrons. The molecule has 2 atom stereocenters. The van der Waals surface area contributed by atoms with Crippen molar-refractivity contribution in [2.45, 2.75) is 31.5 Å². The molecule has 2 aliphatic heterocycles. The van der Waals surface area contributed by atoms with Crippen LogP contribution in [-0.2, 0) is 4.79 Å². The minimum absolute atomic E-state index is 0.0235. The molecule has 1 aromatic carbocycles. The van der Waals surface area contributed by atoms with Gasteiger partial charge in [-0.1, -0.05) is 12.1 Å². The highest BCUT2D eigenvalue weighted by Crippen LogP contribution is 2.28. The summed E-state index contributed by atoms with van der Waals surface area (Å²) in [7, 11) is 0. The first kappa shape index (κ1) is 17.1. The summed E-state index contributed by atoms with van der Waals surface area (Å²) < 4.78 is 29.2. The number of carbonyl (C=O) groups excluding carboxylic acids is 1. The molecule has 0 aliphatic carbocycles. The summed E-state index contributed by atoms with van der Waals surface area (Å²) >= 11 is 0. The van der Waals surface area contributed by atoms with Gasteiger partial charge in [0, 0.05) is 12.6 Å². The van der Waals surface area contributed by atoms with Crippen LogP contribution in [0.25, 0.3) is 0 Å². The van der Waals surface area contributed by atoms with E-state index >= 15 is 0 Å². The number of hydrogen-bond donors (Lipinski definition) is 4. The third kappa shape index (κ3) is 4.19. The summed E-state index contributed by atoms with van der Waals surface area (Å²) in [6, 6.07) is 6.37. The second kappa shape index (κ2) is 7.87. The number of hydrogen-bond acceptors (Lipinski definition) is 5. The normalized spacial score (nSPS) is 25.0. The lowest BCUT2D eigenvalue weighted by molar-refractivity contribution is -0.125. The van der Waals surface area contributed by atoms with Gasteiger partial charge in [0.05, 0.1) is 12.0 Å². The Morgan fingerprint density at radius 3 is 2.83 bits per heavy atom. The molecule has 0 spiro atoms. The zero-order valence-electron chi connectivity index (χ0n) is 13.2. The van der Waals surface area contributed by atoms with Crippen molar-refractivity contribution in [1.82, 2.24) is 21.5 Å². The van der Waals surface area contributed by atoms with Crippen LogP contribution in [0.15, 0.2) is 24.3 Å². The van der Waals surface area contributed by atoms with Crippen LogP contribution in [0.1, 0.15) is 24.4 Å². The first-order valence-corrected chi connectivity index (χ1v) is 8.18. The molecule has 0 saturated carbocycles. The van der Waals surface area contributed by atoms with E-state index in [0.29, 0.717) is 6.54 Å². The molecule has 2 fully saturated rings. The number of halogens is 2. The summed E-state index contributed by atoms with van der Waals surface area (Å²) in [5, 5.41) is 6.36. The maximum atomic E-state index is 12.6. The predicted molar refractivity (Wildman–Crippen MR) is 84.5 cm³/mol. The Bertz CT molecular complexity index is 567. The van der Waals surface area contributed by atoms with Crippen LogP contribution in [-0.4, -0.2) is 38.2 Å². The smallest absolute Gasteiger partial charge is 0.387 e.